The van der Waals surface area contributed by atoms with Gasteiger partial charge in [0.05, 0.1) is 5.69 Å². The molecule has 1 amide bonds. The maximum absolute atomic E-state index is 13.6. The molecule has 3 N–H and O–H groups in total. The van der Waals surface area contributed by atoms with Crippen molar-refractivity contribution in [2.75, 3.05) is 11.1 Å². The van der Waals surface area contributed by atoms with E-state index in [2.05, 4.69) is 5.32 Å². The molecule has 0 saturated heterocycles. The smallest absolute Gasteiger partial charge is 0.224 e. The number of hydrogen-bond donors (Lipinski definition) is 2. The first-order chi connectivity index (χ1) is 9.54. The van der Waals surface area contributed by atoms with E-state index >= 15 is 0 Å². The van der Waals surface area contributed by atoms with Crippen LogP contribution in [-0.4, -0.2) is 5.91 Å². The molecular formula is C16H17FN2O. The van der Waals surface area contributed by atoms with Crippen LogP contribution in [0.5, 0.6) is 0 Å². The Bertz CT molecular complexity index is 608. The van der Waals surface area contributed by atoms with Gasteiger partial charge < -0.3 is 11.1 Å². The summed E-state index contributed by atoms with van der Waals surface area (Å²) >= 11 is 0. The van der Waals surface area contributed by atoms with E-state index in [4.69, 9.17) is 5.73 Å². The van der Waals surface area contributed by atoms with Crippen LogP contribution < -0.4 is 11.1 Å². The Morgan fingerprint density at radius 1 is 1.20 bits per heavy atom. The van der Waals surface area contributed by atoms with Crippen LogP contribution in [0.15, 0.2) is 42.5 Å². The molecule has 0 aliphatic carbocycles. The normalized spacial score (nSPS) is 10.3. The molecule has 0 radical (unpaired) electrons. The van der Waals surface area contributed by atoms with Crippen LogP contribution in [0.1, 0.15) is 17.5 Å². The van der Waals surface area contributed by atoms with Crippen molar-refractivity contribution in [3.05, 3.63) is 59.4 Å². The van der Waals surface area contributed by atoms with Gasteiger partial charge in [0, 0.05) is 12.1 Å². The largest absolute Gasteiger partial charge is 0.399 e. The molecule has 104 valence electrons. The van der Waals surface area contributed by atoms with Crippen LogP contribution in [0.25, 0.3) is 0 Å². The van der Waals surface area contributed by atoms with E-state index < -0.39 is 5.82 Å². The van der Waals surface area contributed by atoms with Crippen molar-refractivity contribution in [3.63, 3.8) is 0 Å². The van der Waals surface area contributed by atoms with Gasteiger partial charge in [-0.05, 0) is 48.7 Å². The molecule has 4 heteroatoms. The molecule has 0 atom stereocenters. The summed E-state index contributed by atoms with van der Waals surface area (Å²) in [7, 11) is 0. The minimum absolute atomic E-state index is 0.204. The number of amides is 1. The van der Waals surface area contributed by atoms with Crippen molar-refractivity contribution >= 4 is 17.3 Å². The molecule has 0 fully saturated rings. The van der Waals surface area contributed by atoms with Gasteiger partial charge >= 0.3 is 0 Å². The summed E-state index contributed by atoms with van der Waals surface area (Å²) in [4.78, 5) is 11.8. The quantitative estimate of drug-likeness (QED) is 0.839. The summed E-state index contributed by atoms with van der Waals surface area (Å²) in [5, 5.41) is 2.58. The second kappa shape index (κ2) is 6.19. The maximum atomic E-state index is 13.6. The molecule has 0 spiro atoms. The Morgan fingerprint density at radius 2 is 1.90 bits per heavy atom. The lowest BCUT2D eigenvalue weighted by molar-refractivity contribution is -0.116. The number of anilines is 2. The molecule has 0 aromatic heterocycles. The van der Waals surface area contributed by atoms with Gasteiger partial charge in [0.15, 0.2) is 0 Å². The zero-order valence-corrected chi connectivity index (χ0v) is 11.3. The number of nitrogens with one attached hydrogen (secondary N) is 1. The molecule has 0 saturated carbocycles. The Morgan fingerprint density at radius 3 is 2.55 bits per heavy atom. The molecular weight excluding hydrogens is 255 g/mol. The number of halogens is 1. The highest BCUT2D eigenvalue weighted by molar-refractivity contribution is 5.90. The summed E-state index contributed by atoms with van der Waals surface area (Å²) < 4.78 is 13.6. The van der Waals surface area contributed by atoms with Gasteiger partial charge in [0.1, 0.15) is 5.82 Å². The average Bonchev–Trinajstić information content (AvgIpc) is 2.41. The highest BCUT2D eigenvalue weighted by atomic mass is 19.1. The van der Waals surface area contributed by atoms with E-state index in [-0.39, 0.29) is 11.6 Å². The number of benzene rings is 2. The third-order valence-electron chi connectivity index (χ3n) is 3.02. The van der Waals surface area contributed by atoms with E-state index in [1.807, 2.05) is 12.1 Å². The van der Waals surface area contributed by atoms with E-state index in [1.54, 1.807) is 31.2 Å². The van der Waals surface area contributed by atoms with Crippen LogP contribution in [0.3, 0.4) is 0 Å². The molecule has 0 heterocycles. The van der Waals surface area contributed by atoms with E-state index in [0.717, 1.165) is 11.1 Å². The number of hydrogen-bond acceptors (Lipinski definition) is 2. The average molecular weight is 272 g/mol. The predicted octanol–water partition coefficient (Wildman–Crippen LogP) is 3.29. The van der Waals surface area contributed by atoms with Gasteiger partial charge in [0.25, 0.3) is 0 Å². The van der Waals surface area contributed by atoms with E-state index in [9.17, 15) is 9.18 Å². The minimum atomic E-state index is -0.411. The zero-order valence-electron chi connectivity index (χ0n) is 11.3. The molecule has 2 aromatic carbocycles. The van der Waals surface area contributed by atoms with Crippen LogP contribution in [0.2, 0.25) is 0 Å². The lowest BCUT2D eigenvalue weighted by atomic mass is 10.1. The monoisotopic (exact) mass is 272 g/mol. The van der Waals surface area contributed by atoms with Gasteiger partial charge in [-0.15, -0.1) is 0 Å². The molecule has 0 aliphatic heterocycles. The standard InChI is InChI=1S/C16H17FN2O/c1-11-2-8-15(14(17)10-11)19-16(20)9-5-12-3-6-13(18)7-4-12/h2-4,6-8,10H,5,9,18H2,1H3,(H,19,20). The lowest BCUT2D eigenvalue weighted by Gasteiger charge is -2.07. The van der Waals surface area contributed by atoms with Crippen molar-refractivity contribution in [3.8, 4) is 0 Å². The van der Waals surface area contributed by atoms with Gasteiger partial charge in [0.2, 0.25) is 5.91 Å². The molecule has 0 unspecified atom stereocenters. The van der Waals surface area contributed by atoms with Crippen LogP contribution in [0, 0.1) is 12.7 Å². The SMILES string of the molecule is Cc1ccc(NC(=O)CCc2ccc(N)cc2)c(F)c1. The van der Waals surface area contributed by atoms with Gasteiger partial charge in [-0.3, -0.25) is 4.79 Å². The molecule has 3 nitrogen and oxygen atoms in total. The van der Waals surface area contributed by atoms with Gasteiger partial charge in [-0.1, -0.05) is 18.2 Å². The van der Waals surface area contributed by atoms with Crippen molar-refractivity contribution in [1.82, 2.24) is 0 Å². The highest BCUT2D eigenvalue weighted by Crippen LogP contribution is 2.16. The fourth-order valence-electron chi connectivity index (χ4n) is 1.88. The Kier molecular flexibility index (Phi) is 4.35. The second-order valence-electron chi connectivity index (χ2n) is 4.77. The molecule has 2 aromatic rings. The van der Waals surface area contributed by atoms with E-state index in [1.165, 1.54) is 6.07 Å². The van der Waals surface area contributed by atoms with Crippen LogP contribution in [0.4, 0.5) is 15.8 Å². The highest BCUT2D eigenvalue weighted by Gasteiger charge is 2.07. The van der Waals surface area contributed by atoms with E-state index in [0.29, 0.717) is 18.5 Å². The fourth-order valence-corrected chi connectivity index (χ4v) is 1.88. The van der Waals surface area contributed by atoms with Crippen molar-refractivity contribution < 1.29 is 9.18 Å². The van der Waals surface area contributed by atoms with Gasteiger partial charge in [-0.2, -0.15) is 0 Å². The number of aryl methyl sites for hydroxylation is 2. The first-order valence-corrected chi connectivity index (χ1v) is 6.45. The third kappa shape index (κ3) is 3.82. The summed E-state index contributed by atoms with van der Waals surface area (Å²) in [6, 6.07) is 12.1. The fraction of sp³-hybridized carbons (Fsp3) is 0.188. The molecule has 0 bridgehead atoms. The molecule has 20 heavy (non-hydrogen) atoms. The zero-order chi connectivity index (χ0) is 14.5. The first-order valence-electron chi connectivity index (χ1n) is 6.45. The number of nitrogens with two attached hydrogens (primary N) is 1. The number of rotatable bonds is 4. The summed E-state index contributed by atoms with van der Waals surface area (Å²) in [6.45, 7) is 1.80. The van der Waals surface area contributed by atoms with Gasteiger partial charge in [-0.25, -0.2) is 4.39 Å². The predicted molar refractivity (Wildman–Crippen MR) is 78.9 cm³/mol. The Labute approximate surface area is 117 Å². The van der Waals surface area contributed by atoms with Crippen LogP contribution in [-0.2, 0) is 11.2 Å². The molecule has 0 aliphatic rings. The topological polar surface area (TPSA) is 55.1 Å². The van der Waals surface area contributed by atoms with Crippen molar-refractivity contribution in [1.29, 1.82) is 0 Å². The summed E-state index contributed by atoms with van der Waals surface area (Å²) in [5.41, 5.74) is 8.36. The third-order valence-corrected chi connectivity index (χ3v) is 3.02. The first kappa shape index (κ1) is 14.1. The van der Waals surface area contributed by atoms with Crippen molar-refractivity contribution in [2.45, 2.75) is 19.8 Å². The second-order valence-corrected chi connectivity index (χ2v) is 4.77. The number of carbonyl (C=O) groups excluding carboxylic acids is 1. The van der Waals surface area contributed by atoms with Crippen LogP contribution >= 0.6 is 0 Å². The Hall–Kier alpha value is -2.36. The summed E-state index contributed by atoms with van der Waals surface area (Å²) in [5.74, 6) is -0.615. The number of nitrogen functional groups attached to an aromatic ring is 1. The molecule has 2 rings (SSSR count). The van der Waals surface area contributed by atoms with Crippen molar-refractivity contribution in [2.24, 2.45) is 0 Å². The summed E-state index contributed by atoms with van der Waals surface area (Å²) in [6.07, 6.45) is 0.900. The Balaban J connectivity index is 1.90. The minimum Gasteiger partial charge on any atom is -0.399 e. The maximum Gasteiger partial charge on any atom is 0.224 e. The lowest BCUT2D eigenvalue weighted by Crippen LogP contribution is -2.13. The number of carbonyl (C=O) groups is 1.